The summed E-state index contributed by atoms with van der Waals surface area (Å²) in [4.78, 5) is 18.6. The molecule has 0 aromatic carbocycles. The van der Waals surface area contributed by atoms with Crippen molar-refractivity contribution in [2.24, 2.45) is 0 Å². The Hall–Kier alpha value is -2.08. The predicted molar refractivity (Wildman–Crippen MR) is 85.7 cm³/mol. The molecule has 0 saturated heterocycles. The van der Waals surface area contributed by atoms with Crippen LogP contribution in [0.2, 0.25) is 0 Å². The predicted octanol–water partition coefficient (Wildman–Crippen LogP) is 3.13. The highest BCUT2D eigenvalue weighted by Gasteiger charge is 2.14. The molecule has 21 heavy (non-hydrogen) atoms. The van der Waals surface area contributed by atoms with Crippen molar-refractivity contribution in [2.75, 3.05) is 17.7 Å². The fraction of sp³-hybridized carbons (Fsp3) is 0.333. The highest BCUT2D eigenvalue weighted by atomic mass is 32.1. The van der Waals surface area contributed by atoms with Crippen LogP contribution in [0, 0.1) is 13.8 Å². The van der Waals surface area contributed by atoms with Crippen LogP contribution in [-0.2, 0) is 11.3 Å². The lowest BCUT2D eigenvalue weighted by Gasteiger charge is -2.10. The number of nitrogens with two attached hydrogens (primary N) is 1. The van der Waals surface area contributed by atoms with Crippen molar-refractivity contribution in [3.63, 3.8) is 0 Å². The summed E-state index contributed by atoms with van der Waals surface area (Å²) in [5.41, 5.74) is 7.77. The van der Waals surface area contributed by atoms with Crippen molar-refractivity contribution in [3.05, 3.63) is 39.2 Å². The topological polar surface area (TPSA) is 77.2 Å². The van der Waals surface area contributed by atoms with Gasteiger partial charge < -0.3 is 15.8 Å². The minimum Gasteiger partial charge on any atom is -0.462 e. The molecule has 0 aliphatic heterocycles. The smallest absolute Gasteiger partial charge is 0.341 e. The number of anilines is 2. The lowest BCUT2D eigenvalue weighted by molar-refractivity contribution is 0.0527. The van der Waals surface area contributed by atoms with Crippen molar-refractivity contribution < 1.29 is 9.53 Å². The Morgan fingerprint density at radius 3 is 2.81 bits per heavy atom. The second-order valence-electron chi connectivity index (χ2n) is 4.69. The molecule has 2 rings (SSSR count). The zero-order valence-corrected chi connectivity index (χ0v) is 13.2. The number of esters is 1. The molecule has 0 atom stereocenters. The normalized spacial score (nSPS) is 10.4. The van der Waals surface area contributed by atoms with E-state index in [0.29, 0.717) is 30.2 Å². The van der Waals surface area contributed by atoms with Crippen LogP contribution in [0.1, 0.15) is 32.6 Å². The minimum absolute atomic E-state index is 0.316. The number of thiophene rings is 1. The molecular weight excluding hydrogens is 286 g/mol. The molecule has 2 heterocycles. The van der Waals surface area contributed by atoms with Gasteiger partial charge in [-0.25, -0.2) is 9.78 Å². The van der Waals surface area contributed by atoms with Crippen molar-refractivity contribution in [1.82, 2.24) is 4.98 Å². The summed E-state index contributed by atoms with van der Waals surface area (Å²) in [5.74, 6) is 0.0738. The van der Waals surface area contributed by atoms with Gasteiger partial charge in [0.05, 0.1) is 25.0 Å². The molecule has 0 bridgehead atoms. The Labute approximate surface area is 128 Å². The number of hydrogen-bond donors (Lipinski definition) is 2. The number of nitrogen functional groups attached to an aromatic ring is 1. The number of aryl methyl sites for hydroxylation is 2. The van der Waals surface area contributed by atoms with Crippen molar-refractivity contribution >= 4 is 28.8 Å². The van der Waals surface area contributed by atoms with E-state index in [1.54, 1.807) is 24.3 Å². The number of ether oxygens (including phenoxy) is 1. The Kier molecular flexibility index (Phi) is 4.80. The van der Waals surface area contributed by atoms with Gasteiger partial charge in [0.2, 0.25) is 0 Å². The van der Waals surface area contributed by atoms with Gasteiger partial charge >= 0.3 is 5.97 Å². The van der Waals surface area contributed by atoms with Gasteiger partial charge in [-0.3, -0.25) is 0 Å². The van der Waals surface area contributed by atoms with Crippen molar-refractivity contribution in [1.29, 1.82) is 0 Å². The third kappa shape index (κ3) is 3.72. The maximum absolute atomic E-state index is 11.9. The highest BCUT2D eigenvalue weighted by molar-refractivity contribution is 7.12. The summed E-state index contributed by atoms with van der Waals surface area (Å²) in [6.07, 6.45) is 1.52. The number of pyridine rings is 1. The lowest BCUT2D eigenvalue weighted by Crippen LogP contribution is -2.11. The number of aromatic nitrogens is 1. The monoisotopic (exact) mass is 305 g/mol. The largest absolute Gasteiger partial charge is 0.462 e. The van der Waals surface area contributed by atoms with Gasteiger partial charge in [0.1, 0.15) is 11.4 Å². The van der Waals surface area contributed by atoms with Crippen LogP contribution in [0.15, 0.2) is 18.3 Å². The molecule has 0 aliphatic rings. The summed E-state index contributed by atoms with van der Waals surface area (Å²) < 4.78 is 5.03. The Balaban J connectivity index is 2.17. The van der Waals surface area contributed by atoms with Gasteiger partial charge in [-0.2, -0.15) is 0 Å². The number of nitrogens with zero attached hydrogens (tertiary/aromatic N) is 1. The van der Waals surface area contributed by atoms with E-state index in [0.717, 1.165) is 0 Å². The van der Waals surface area contributed by atoms with Gasteiger partial charge in [-0.1, -0.05) is 0 Å². The first-order valence-corrected chi connectivity index (χ1v) is 7.55. The van der Waals surface area contributed by atoms with E-state index in [1.165, 1.54) is 21.5 Å². The number of rotatable bonds is 5. The van der Waals surface area contributed by atoms with Gasteiger partial charge in [0.15, 0.2) is 0 Å². The molecule has 0 saturated carbocycles. The van der Waals surface area contributed by atoms with Crippen LogP contribution >= 0.6 is 11.3 Å². The fourth-order valence-corrected chi connectivity index (χ4v) is 2.89. The number of carbonyl (C=O) groups excluding carboxylic acids is 1. The molecule has 5 nitrogen and oxygen atoms in total. The summed E-state index contributed by atoms with van der Waals surface area (Å²) in [7, 11) is 0. The molecule has 6 heteroatoms. The first kappa shape index (κ1) is 15.3. The molecule has 0 spiro atoms. The molecule has 112 valence electrons. The maximum Gasteiger partial charge on any atom is 0.341 e. The Bertz CT molecular complexity index is 633. The maximum atomic E-state index is 11.9. The van der Waals surface area contributed by atoms with Gasteiger partial charge in [0.25, 0.3) is 0 Å². The van der Waals surface area contributed by atoms with Gasteiger partial charge in [0, 0.05) is 9.75 Å². The van der Waals surface area contributed by atoms with Crippen molar-refractivity contribution in [3.8, 4) is 0 Å². The standard InChI is InChI=1S/C15H19N3O2S/c1-4-20-15(19)13-6-11(16)7-17-14(13)18-8-12-5-9(2)10(3)21-12/h5-7H,4,8,16H2,1-3H3,(H,17,18). The third-order valence-electron chi connectivity index (χ3n) is 3.05. The van der Waals surface area contributed by atoms with E-state index in [-0.39, 0.29) is 0 Å². The van der Waals surface area contributed by atoms with E-state index in [2.05, 4.69) is 30.2 Å². The molecule has 0 fully saturated rings. The molecule has 0 radical (unpaired) electrons. The molecule has 0 amide bonds. The van der Waals surface area contributed by atoms with E-state index < -0.39 is 5.97 Å². The summed E-state index contributed by atoms with van der Waals surface area (Å²) in [6, 6.07) is 3.71. The first-order chi connectivity index (χ1) is 10.0. The van der Waals surface area contributed by atoms with Crippen molar-refractivity contribution in [2.45, 2.75) is 27.3 Å². The van der Waals surface area contributed by atoms with Crippen LogP contribution < -0.4 is 11.1 Å². The average Bonchev–Trinajstić information content (AvgIpc) is 2.76. The fourth-order valence-electron chi connectivity index (χ4n) is 1.89. The SMILES string of the molecule is CCOC(=O)c1cc(N)cnc1NCc1cc(C)c(C)s1. The minimum atomic E-state index is -0.418. The van der Waals surface area contributed by atoms with Gasteiger partial charge in [-0.15, -0.1) is 11.3 Å². The van der Waals surface area contributed by atoms with Crippen LogP contribution in [0.3, 0.4) is 0 Å². The third-order valence-corrected chi connectivity index (χ3v) is 4.20. The van der Waals surface area contributed by atoms with E-state index in [4.69, 9.17) is 10.5 Å². The summed E-state index contributed by atoms with van der Waals surface area (Å²) in [6.45, 7) is 6.87. The van der Waals surface area contributed by atoms with E-state index in [1.807, 2.05) is 0 Å². The van der Waals surface area contributed by atoms with Crippen LogP contribution in [0.4, 0.5) is 11.5 Å². The zero-order chi connectivity index (χ0) is 15.4. The molecule has 3 N–H and O–H groups in total. The van der Waals surface area contributed by atoms with E-state index >= 15 is 0 Å². The van der Waals surface area contributed by atoms with Crippen LogP contribution in [0.5, 0.6) is 0 Å². The Morgan fingerprint density at radius 1 is 1.43 bits per heavy atom. The molecule has 2 aromatic heterocycles. The molecule has 2 aromatic rings. The Morgan fingerprint density at radius 2 is 2.19 bits per heavy atom. The molecule has 0 unspecified atom stereocenters. The second-order valence-corrected chi connectivity index (χ2v) is 6.03. The highest BCUT2D eigenvalue weighted by Crippen LogP contribution is 2.23. The lowest BCUT2D eigenvalue weighted by atomic mass is 10.2. The van der Waals surface area contributed by atoms with E-state index in [9.17, 15) is 4.79 Å². The van der Waals surface area contributed by atoms with Gasteiger partial charge in [-0.05, 0) is 38.5 Å². The quantitative estimate of drug-likeness (QED) is 0.830. The zero-order valence-electron chi connectivity index (χ0n) is 12.4. The molecule has 0 aliphatic carbocycles. The summed E-state index contributed by atoms with van der Waals surface area (Å²) >= 11 is 1.73. The number of nitrogens with one attached hydrogen (secondary N) is 1. The second kappa shape index (κ2) is 6.58. The van der Waals surface area contributed by atoms with Crippen LogP contribution in [-0.4, -0.2) is 17.6 Å². The molecular formula is C15H19N3O2S. The average molecular weight is 305 g/mol. The summed E-state index contributed by atoms with van der Waals surface area (Å²) in [5, 5.41) is 3.18. The first-order valence-electron chi connectivity index (χ1n) is 6.73. The number of carbonyl (C=O) groups is 1. The van der Waals surface area contributed by atoms with Crippen LogP contribution in [0.25, 0.3) is 0 Å². The number of hydrogen-bond acceptors (Lipinski definition) is 6.